The first-order chi connectivity index (χ1) is 8.40. The molecule has 1 fully saturated rings. The summed E-state index contributed by atoms with van der Waals surface area (Å²) in [7, 11) is 0. The summed E-state index contributed by atoms with van der Waals surface area (Å²) in [4.78, 5) is 3.79. The van der Waals surface area contributed by atoms with Crippen molar-refractivity contribution in [3.8, 4) is 0 Å². The van der Waals surface area contributed by atoms with Gasteiger partial charge in [-0.15, -0.1) is 11.3 Å². The molecule has 2 rings (SSSR count). The highest BCUT2D eigenvalue weighted by molar-refractivity contribution is 7.10. The highest BCUT2D eigenvalue weighted by Gasteiger charge is 2.19. The fourth-order valence-corrected chi connectivity index (χ4v) is 2.37. The zero-order valence-corrected chi connectivity index (χ0v) is 10.1. The molecule has 1 aromatic rings. The van der Waals surface area contributed by atoms with E-state index in [1.807, 2.05) is 12.2 Å². The van der Waals surface area contributed by atoms with Crippen LogP contribution in [0.2, 0.25) is 0 Å². The van der Waals surface area contributed by atoms with E-state index < -0.39 is 0 Å². The van der Waals surface area contributed by atoms with E-state index in [1.165, 1.54) is 0 Å². The minimum absolute atomic E-state index is 0.190. The summed E-state index contributed by atoms with van der Waals surface area (Å²) < 4.78 is 10.8. The highest BCUT2D eigenvalue weighted by atomic mass is 32.1. The second-order valence-electron chi connectivity index (χ2n) is 3.50. The topological polar surface area (TPSA) is 67.2 Å². The normalized spacial score (nSPS) is 16.5. The van der Waals surface area contributed by atoms with Crippen LogP contribution in [-0.4, -0.2) is 19.8 Å². The summed E-state index contributed by atoms with van der Waals surface area (Å²) in [6, 6.07) is 2.06. The van der Waals surface area contributed by atoms with E-state index in [4.69, 9.17) is 15.0 Å². The first-order valence-electron chi connectivity index (χ1n) is 5.39. The molecule has 1 aliphatic heterocycles. The smallest absolute Gasteiger partial charge is 0.193 e. The van der Waals surface area contributed by atoms with Gasteiger partial charge < -0.3 is 9.47 Å². The Morgan fingerprint density at radius 1 is 1.53 bits per heavy atom. The molecule has 6 heteroatoms. The predicted molar refractivity (Wildman–Crippen MR) is 66.6 cm³/mol. The first kappa shape index (κ1) is 12.1. The average molecular weight is 251 g/mol. The molecule has 5 nitrogen and oxygen atoms in total. The first-order valence-corrected chi connectivity index (χ1v) is 6.27. The molecule has 1 aromatic heterocycles. The monoisotopic (exact) mass is 251 g/mol. The maximum Gasteiger partial charge on any atom is 0.193 e. The van der Waals surface area contributed by atoms with Crippen LogP contribution in [0.15, 0.2) is 22.6 Å². The molecular weight excluding hydrogens is 238 g/mol. The number of azide groups is 1. The van der Waals surface area contributed by atoms with Gasteiger partial charge in [-0.3, -0.25) is 0 Å². The van der Waals surface area contributed by atoms with Crippen molar-refractivity contribution in [2.75, 3.05) is 19.8 Å². The Kier molecular flexibility index (Phi) is 4.58. The van der Waals surface area contributed by atoms with Crippen LogP contribution in [0.25, 0.3) is 16.5 Å². The molecule has 2 heterocycles. The second-order valence-corrected chi connectivity index (χ2v) is 4.44. The lowest BCUT2D eigenvalue weighted by atomic mass is 10.2. The van der Waals surface area contributed by atoms with Crippen LogP contribution in [0.1, 0.15) is 23.2 Å². The molecule has 1 aliphatic rings. The van der Waals surface area contributed by atoms with Gasteiger partial charge in [-0.2, -0.15) is 0 Å². The van der Waals surface area contributed by atoms with Crippen molar-refractivity contribution in [1.29, 1.82) is 0 Å². The maximum atomic E-state index is 8.12. The van der Waals surface area contributed by atoms with E-state index >= 15 is 0 Å². The molecule has 0 spiro atoms. The van der Waals surface area contributed by atoms with Crippen LogP contribution in [-0.2, 0) is 9.47 Å². The van der Waals surface area contributed by atoms with E-state index in [-0.39, 0.29) is 6.29 Å². The lowest BCUT2D eigenvalue weighted by molar-refractivity contribution is -0.0413. The maximum absolute atomic E-state index is 8.12. The molecule has 0 atom stereocenters. The Morgan fingerprint density at radius 2 is 2.35 bits per heavy atom. The molecular formula is C11H13N3O2S. The van der Waals surface area contributed by atoms with Gasteiger partial charge in [0.2, 0.25) is 0 Å². The van der Waals surface area contributed by atoms with Crippen LogP contribution in [0.3, 0.4) is 0 Å². The Morgan fingerprint density at radius 3 is 3.12 bits per heavy atom. The third kappa shape index (κ3) is 3.57. The number of thiophene rings is 1. The number of hydrogen-bond acceptors (Lipinski definition) is 4. The number of ether oxygens (including phenoxy) is 2. The van der Waals surface area contributed by atoms with E-state index in [9.17, 15) is 0 Å². The second kappa shape index (κ2) is 6.42. The highest BCUT2D eigenvalue weighted by Crippen LogP contribution is 2.29. The predicted octanol–water partition coefficient (Wildman–Crippen LogP) is 3.51. The Hall–Kier alpha value is -1.33. The van der Waals surface area contributed by atoms with Gasteiger partial charge in [0.05, 0.1) is 18.1 Å². The summed E-state index contributed by atoms with van der Waals surface area (Å²) in [6.45, 7) is 1.83. The summed E-state index contributed by atoms with van der Waals surface area (Å²) in [5, 5.41) is 5.52. The molecule has 0 aromatic carbocycles. The number of rotatable bonds is 5. The van der Waals surface area contributed by atoms with Gasteiger partial charge in [-0.1, -0.05) is 17.3 Å². The van der Waals surface area contributed by atoms with E-state index in [1.54, 1.807) is 11.3 Å². The largest absolute Gasteiger partial charge is 0.345 e. The SMILES string of the molecule is [N-]=[N+]=NCCC=Cc1csc(C2OCCO2)c1. The molecule has 1 saturated heterocycles. The Balaban J connectivity index is 1.87. The fraction of sp³-hybridized carbons (Fsp3) is 0.455. The third-order valence-corrected chi connectivity index (χ3v) is 3.24. The minimum atomic E-state index is -0.190. The Bertz CT molecular complexity index is 432. The Labute approximate surface area is 103 Å². The van der Waals surface area contributed by atoms with E-state index in [0.29, 0.717) is 19.8 Å². The fourth-order valence-electron chi connectivity index (χ4n) is 1.50. The van der Waals surface area contributed by atoms with Gasteiger partial charge >= 0.3 is 0 Å². The molecule has 90 valence electrons. The summed E-state index contributed by atoms with van der Waals surface area (Å²) >= 11 is 1.63. The standard InChI is InChI=1S/C11H13N3O2S/c12-14-13-4-2-1-3-9-7-10(17-8-9)11-15-5-6-16-11/h1,3,7-8,11H,2,4-6H2. The van der Waals surface area contributed by atoms with Crippen LogP contribution in [0, 0.1) is 0 Å². The molecule has 0 unspecified atom stereocenters. The van der Waals surface area contributed by atoms with Crippen molar-refractivity contribution in [1.82, 2.24) is 0 Å². The van der Waals surface area contributed by atoms with Crippen molar-refractivity contribution in [2.45, 2.75) is 12.7 Å². The van der Waals surface area contributed by atoms with Crippen LogP contribution in [0.5, 0.6) is 0 Å². The van der Waals surface area contributed by atoms with Gasteiger partial charge in [0, 0.05) is 11.5 Å². The number of nitrogens with zero attached hydrogens (tertiary/aromatic N) is 3. The zero-order valence-electron chi connectivity index (χ0n) is 9.28. The summed E-state index contributed by atoms with van der Waals surface area (Å²) in [6.07, 6.45) is 4.58. The molecule has 0 radical (unpaired) electrons. The van der Waals surface area contributed by atoms with Crippen LogP contribution >= 0.6 is 11.3 Å². The summed E-state index contributed by atoms with van der Waals surface area (Å²) in [5.41, 5.74) is 9.25. The van der Waals surface area contributed by atoms with Crippen molar-refractivity contribution in [3.63, 3.8) is 0 Å². The van der Waals surface area contributed by atoms with Gasteiger partial charge in [-0.25, -0.2) is 0 Å². The van der Waals surface area contributed by atoms with Crippen LogP contribution < -0.4 is 0 Å². The summed E-state index contributed by atoms with van der Waals surface area (Å²) in [5.74, 6) is 0. The average Bonchev–Trinajstić information content (AvgIpc) is 2.99. The quantitative estimate of drug-likeness (QED) is 0.348. The number of hydrogen-bond donors (Lipinski definition) is 0. The van der Waals surface area contributed by atoms with Gasteiger partial charge in [0.25, 0.3) is 0 Å². The lowest BCUT2D eigenvalue weighted by Gasteiger charge is -2.04. The van der Waals surface area contributed by atoms with Gasteiger partial charge in [0.1, 0.15) is 0 Å². The molecule has 0 saturated carbocycles. The molecule has 17 heavy (non-hydrogen) atoms. The lowest BCUT2D eigenvalue weighted by Crippen LogP contribution is -1.93. The van der Waals surface area contributed by atoms with Crippen molar-refractivity contribution in [3.05, 3.63) is 38.4 Å². The van der Waals surface area contributed by atoms with Crippen molar-refractivity contribution < 1.29 is 9.47 Å². The van der Waals surface area contributed by atoms with Crippen molar-refractivity contribution >= 4 is 17.4 Å². The van der Waals surface area contributed by atoms with Crippen LogP contribution in [0.4, 0.5) is 0 Å². The minimum Gasteiger partial charge on any atom is -0.345 e. The van der Waals surface area contributed by atoms with Gasteiger partial charge in [0.15, 0.2) is 6.29 Å². The third-order valence-electron chi connectivity index (χ3n) is 2.26. The molecule has 0 bridgehead atoms. The zero-order chi connectivity index (χ0) is 11.9. The van der Waals surface area contributed by atoms with Crippen molar-refractivity contribution in [2.24, 2.45) is 5.11 Å². The molecule has 0 N–H and O–H groups in total. The van der Waals surface area contributed by atoms with E-state index in [0.717, 1.165) is 16.9 Å². The van der Waals surface area contributed by atoms with E-state index in [2.05, 4.69) is 21.5 Å². The molecule has 0 amide bonds. The van der Waals surface area contributed by atoms with Gasteiger partial charge in [-0.05, 0) is 29.0 Å². The molecule has 0 aliphatic carbocycles.